The maximum atomic E-state index is 13.0. The second-order valence-corrected chi connectivity index (χ2v) is 13.5. The minimum absolute atomic E-state index is 0.00887. The summed E-state index contributed by atoms with van der Waals surface area (Å²) in [4.78, 5) is 43.2. The molecule has 0 aliphatic rings. The fraction of sp³-hybridized carbons (Fsp3) is 0.690. The molecule has 0 aromatic heterocycles. The first kappa shape index (κ1) is 32.3. The van der Waals surface area contributed by atoms with E-state index in [0.29, 0.717) is 6.42 Å². The topological polar surface area (TPSA) is 91.4 Å². The van der Waals surface area contributed by atoms with E-state index in [0.717, 1.165) is 10.6 Å². The first-order valence-corrected chi connectivity index (χ1v) is 12.7. The number of benzene rings is 1. The zero-order chi connectivity index (χ0) is 28.8. The van der Waals surface area contributed by atoms with Crippen LogP contribution in [0.4, 0.5) is 9.59 Å². The number of amides is 1. The lowest BCUT2D eigenvalue weighted by Crippen LogP contribution is -2.43. The SMILES string of the molecule is CC(C)(C)OC(=O)ON(CC(COC(=O)C(C)(C)C)Cc1ccc(C(C)(C)C)cc1)C(=O)OC(C)(C)C. The van der Waals surface area contributed by atoms with Crippen LogP contribution in [-0.2, 0) is 35.7 Å². The molecule has 0 fully saturated rings. The molecular weight excluding hydrogens is 474 g/mol. The molecule has 0 aliphatic heterocycles. The van der Waals surface area contributed by atoms with Gasteiger partial charge in [0.05, 0.1) is 18.6 Å². The largest absolute Gasteiger partial charge is 0.534 e. The van der Waals surface area contributed by atoms with E-state index in [1.807, 2.05) is 12.1 Å². The molecule has 0 bridgehead atoms. The van der Waals surface area contributed by atoms with Gasteiger partial charge in [0.1, 0.15) is 11.2 Å². The van der Waals surface area contributed by atoms with Crippen LogP contribution >= 0.6 is 0 Å². The summed E-state index contributed by atoms with van der Waals surface area (Å²) < 4.78 is 16.3. The molecule has 210 valence electrons. The van der Waals surface area contributed by atoms with E-state index in [2.05, 4.69) is 32.9 Å². The number of hydrogen-bond donors (Lipinski definition) is 0. The summed E-state index contributed by atoms with van der Waals surface area (Å²) in [5.41, 5.74) is -0.121. The number of hydroxylamine groups is 2. The first-order valence-electron chi connectivity index (χ1n) is 12.7. The lowest BCUT2D eigenvalue weighted by molar-refractivity contribution is -0.159. The van der Waals surface area contributed by atoms with Crippen molar-refractivity contribution in [3.05, 3.63) is 35.4 Å². The summed E-state index contributed by atoms with van der Waals surface area (Å²) >= 11 is 0. The van der Waals surface area contributed by atoms with Crippen LogP contribution in [0.25, 0.3) is 0 Å². The normalized spacial score (nSPS) is 13.4. The van der Waals surface area contributed by atoms with Crippen molar-refractivity contribution < 1.29 is 33.4 Å². The van der Waals surface area contributed by atoms with Gasteiger partial charge in [-0.2, -0.15) is 0 Å². The van der Waals surface area contributed by atoms with Crippen molar-refractivity contribution in [3.8, 4) is 0 Å². The molecule has 1 atom stereocenters. The number of hydrogen-bond acceptors (Lipinski definition) is 7. The number of esters is 1. The Balaban J connectivity index is 3.22. The molecule has 1 amide bonds. The van der Waals surface area contributed by atoms with E-state index in [1.165, 1.54) is 5.56 Å². The maximum absolute atomic E-state index is 13.0. The van der Waals surface area contributed by atoms with E-state index in [9.17, 15) is 14.4 Å². The van der Waals surface area contributed by atoms with Crippen LogP contribution in [0.1, 0.15) is 94.2 Å². The Kier molecular flexibility index (Phi) is 10.6. The Morgan fingerprint density at radius 2 is 1.30 bits per heavy atom. The summed E-state index contributed by atoms with van der Waals surface area (Å²) in [6.07, 6.45) is -1.40. The van der Waals surface area contributed by atoms with Crippen molar-refractivity contribution in [2.75, 3.05) is 13.2 Å². The highest BCUT2D eigenvalue weighted by Crippen LogP contribution is 2.24. The minimum atomic E-state index is -1.03. The molecule has 37 heavy (non-hydrogen) atoms. The monoisotopic (exact) mass is 521 g/mol. The summed E-state index contributed by atoms with van der Waals surface area (Å²) in [7, 11) is 0. The maximum Gasteiger partial charge on any atom is 0.534 e. The van der Waals surface area contributed by atoms with Crippen LogP contribution in [0, 0.1) is 11.3 Å². The van der Waals surface area contributed by atoms with E-state index in [1.54, 1.807) is 62.3 Å². The van der Waals surface area contributed by atoms with Crippen LogP contribution in [0.2, 0.25) is 0 Å². The third-order valence-corrected chi connectivity index (χ3v) is 5.00. The van der Waals surface area contributed by atoms with E-state index in [-0.39, 0.29) is 30.5 Å². The zero-order valence-electron chi connectivity index (χ0n) is 24.8. The second-order valence-electron chi connectivity index (χ2n) is 13.5. The Morgan fingerprint density at radius 3 is 1.73 bits per heavy atom. The lowest BCUT2D eigenvalue weighted by atomic mass is 9.86. The van der Waals surface area contributed by atoms with Gasteiger partial charge in [-0.15, -0.1) is 5.06 Å². The molecule has 0 saturated carbocycles. The van der Waals surface area contributed by atoms with Crippen LogP contribution in [0.5, 0.6) is 0 Å². The molecule has 1 unspecified atom stereocenters. The van der Waals surface area contributed by atoms with Gasteiger partial charge in [-0.1, -0.05) is 45.0 Å². The van der Waals surface area contributed by atoms with Gasteiger partial charge >= 0.3 is 18.2 Å². The van der Waals surface area contributed by atoms with Gasteiger partial charge in [0, 0.05) is 5.92 Å². The summed E-state index contributed by atoms with van der Waals surface area (Å²) in [5, 5.41) is 0.846. The van der Waals surface area contributed by atoms with Crippen molar-refractivity contribution in [2.24, 2.45) is 11.3 Å². The quantitative estimate of drug-likeness (QED) is 0.230. The molecule has 1 aromatic rings. The van der Waals surface area contributed by atoms with Gasteiger partial charge in [0.15, 0.2) is 0 Å². The van der Waals surface area contributed by atoms with Crippen molar-refractivity contribution in [2.45, 2.75) is 106 Å². The molecule has 0 spiro atoms. The van der Waals surface area contributed by atoms with Crippen molar-refractivity contribution in [1.29, 1.82) is 0 Å². The van der Waals surface area contributed by atoms with Crippen molar-refractivity contribution in [3.63, 3.8) is 0 Å². The fourth-order valence-corrected chi connectivity index (χ4v) is 3.12. The Hall–Kier alpha value is -2.77. The van der Waals surface area contributed by atoms with Crippen LogP contribution in [-0.4, -0.2) is 47.6 Å². The van der Waals surface area contributed by atoms with Crippen LogP contribution < -0.4 is 0 Å². The average molecular weight is 522 g/mol. The molecule has 8 heteroatoms. The Labute approximate surface area is 222 Å². The third-order valence-electron chi connectivity index (χ3n) is 5.00. The van der Waals surface area contributed by atoms with E-state index >= 15 is 0 Å². The van der Waals surface area contributed by atoms with Gasteiger partial charge in [0.2, 0.25) is 0 Å². The minimum Gasteiger partial charge on any atom is -0.465 e. The highest BCUT2D eigenvalue weighted by atomic mass is 16.8. The average Bonchev–Trinajstić information content (AvgIpc) is 2.67. The van der Waals surface area contributed by atoms with Gasteiger partial charge in [0.25, 0.3) is 0 Å². The van der Waals surface area contributed by atoms with Crippen molar-refractivity contribution >= 4 is 18.2 Å². The molecule has 0 saturated heterocycles. The summed E-state index contributed by atoms with van der Waals surface area (Å²) in [6, 6.07) is 8.17. The molecular formula is C29H47NO7. The van der Waals surface area contributed by atoms with Gasteiger partial charge in [-0.3, -0.25) is 4.79 Å². The highest BCUT2D eigenvalue weighted by molar-refractivity contribution is 5.75. The number of carbonyl (C=O) groups excluding carboxylic acids is 3. The van der Waals surface area contributed by atoms with Gasteiger partial charge < -0.3 is 19.0 Å². The molecule has 1 aromatic carbocycles. The number of nitrogens with zero attached hydrogens (tertiary/aromatic N) is 1. The highest BCUT2D eigenvalue weighted by Gasteiger charge is 2.32. The van der Waals surface area contributed by atoms with Gasteiger partial charge in [-0.05, 0) is 85.3 Å². The van der Waals surface area contributed by atoms with Crippen molar-refractivity contribution in [1.82, 2.24) is 5.06 Å². The molecule has 1 rings (SSSR count). The molecule has 0 radical (unpaired) electrons. The third kappa shape index (κ3) is 12.8. The summed E-state index contributed by atoms with van der Waals surface area (Å²) in [5.74, 6) is -0.751. The van der Waals surface area contributed by atoms with Gasteiger partial charge in [-0.25, -0.2) is 9.59 Å². The lowest BCUT2D eigenvalue weighted by Gasteiger charge is -2.30. The zero-order valence-corrected chi connectivity index (χ0v) is 24.8. The second kappa shape index (κ2) is 12.2. The first-order chi connectivity index (χ1) is 16.6. The molecule has 0 N–H and O–H groups in total. The van der Waals surface area contributed by atoms with Crippen LogP contribution in [0.3, 0.4) is 0 Å². The predicted molar refractivity (Wildman–Crippen MR) is 143 cm³/mol. The molecule has 8 nitrogen and oxygen atoms in total. The number of rotatable bonds is 6. The fourth-order valence-electron chi connectivity index (χ4n) is 3.12. The predicted octanol–water partition coefficient (Wildman–Crippen LogP) is 6.84. The number of carbonyl (C=O) groups is 3. The Bertz CT molecular complexity index is 910. The van der Waals surface area contributed by atoms with E-state index in [4.69, 9.17) is 19.0 Å². The van der Waals surface area contributed by atoms with Crippen LogP contribution in [0.15, 0.2) is 24.3 Å². The summed E-state index contributed by atoms with van der Waals surface area (Å²) in [6.45, 7) is 21.9. The smallest absolute Gasteiger partial charge is 0.465 e. The standard InChI is InChI=1S/C29H47NO7/c1-26(2,3)22-15-13-20(14-16-22)17-21(19-34-23(31)27(4,5)6)18-30(24(32)35-28(7,8)9)37-25(33)36-29(10,11)12/h13-16,21H,17-19H2,1-12H3. The number of ether oxygens (including phenoxy) is 3. The molecule has 0 heterocycles. The Morgan fingerprint density at radius 1 is 0.784 bits per heavy atom. The van der Waals surface area contributed by atoms with E-state index < -0.39 is 28.9 Å². The molecule has 0 aliphatic carbocycles.